The van der Waals surface area contributed by atoms with E-state index in [1.54, 1.807) is 16.2 Å². The molecule has 0 atom stereocenters. The van der Waals surface area contributed by atoms with E-state index >= 15 is 0 Å². The van der Waals surface area contributed by atoms with Gasteiger partial charge in [0.15, 0.2) is 5.82 Å². The second kappa shape index (κ2) is 8.60. The van der Waals surface area contributed by atoms with E-state index in [0.717, 1.165) is 17.1 Å². The van der Waals surface area contributed by atoms with Crippen molar-refractivity contribution >= 4 is 46.7 Å². The number of aromatic nitrogens is 3. The first-order valence-electron chi connectivity index (χ1n) is 7.70. The van der Waals surface area contributed by atoms with Crippen LogP contribution in [0.5, 0.6) is 0 Å². The van der Waals surface area contributed by atoms with E-state index in [1.807, 2.05) is 17.5 Å². The van der Waals surface area contributed by atoms with Gasteiger partial charge in [0.2, 0.25) is 11.1 Å². The van der Waals surface area contributed by atoms with E-state index in [4.69, 9.17) is 5.84 Å². The lowest BCUT2D eigenvalue weighted by Gasteiger charge is -2.16. The minimum Gasteiger partial charge on any atom is -0.466 e. The predicted molar refractivity (Wildman–Crippen MR) is 103 cm³/mol. The van der Waals surface area contributed by atoms with E-state index < -0.39 is 5.97 Å². The van der Waals surface area contributed by atoms with Crippen LogP contribution in [0.4, 0.5) is 0 Å². The molecule has 1 fully saturated rings. The number of thioether (sulfide) groups is 2. The Morgan fingerprint density at radius 3 is 3.08 bits per heavy atom. The zero-order valence-corrected chi connectivity index (χ0v) is 16.4. The van der Waals surface area contributed by atoms with Gasteiger partial charge in [-0.2, -0.15) is 0 Å². The van der Waals surface area contributed by atoms with Crippen molar-refractivity contribution in [3.05, 3.63) is 28.6 Å². The van der Waals surface area contributed by atoms with Gasteiger partial charge in [-0.05, 0) is 17.9 Å². The van der Waals surface area contributed by atoms with Gasteiger partial charge in [-0.3, -0.25) is 4.79 Å². The Hall–Kier alpha value is -1.98. The average Bonchev–Trinajstić information content (AvgIpc) is 3.35. The summed E-state index contributed by atoms with van der Waals surface area (Å²) in [5.74, 6) is 7.30. The van der Waals surface area contributed by atoms with Crippen molar-refractivity contribution in [1.82, 2.24) is 19.8 Å². The molecule has 138 valence electrons. The van der Waals surface area contributed by atoms with Gasteiger partial charge < -0.3 is 15.5 Å². The lowest BCUT2D eigenvalue weighted by molar-refractivity contribution is -0.134. The predicted octanol–water partition coefficient (Wildman–Crippen LogP) is 1.79. The fourth-order valence-electron chi connectivity index (χ4n) is 2.26. The molecule has 2 aromatic rings. The zero-order valence-electron chi connectivity index (χ0n) is 14.0. The molecule has 8 nitrogen and oxygen atoms in total. The molecule has 0 unspecified atom stereocenters. The SMILES string of the molecule is COC(=O)/C=C1/SCC(=O)N1CCCSc1nnc(-c2cccs2)n1N. The fourth-order valence-corrected chi connectivity index (χ4v) is 4.71. The monoisotopic (exact) mass is 411 g/mol. The quantitative estimate of drug-likeness (QED) is 0.242. The smallest absolute Gasteiger partial charge is 0.333 e. The summed E-state index contributed by atoms with van der Waals surface area (Å²) in [4.78, 5) is 25.9. The number of ether oxygens (including phenoxy) is 1. The number of hydrogen-bond donors (Lipinski definition) is 1. The number of rotatable bonds is 7. The van der Waals surface area contributed by atoms with Gasteiger partial charge in [-0.15, -0.1) is 21.5 Å². The molecule has 0 saturated carbocycles. The molecule has 0 aliphatic carbocycles. The molecule has 1 amide bonds. The Morgan fingerprint density at radius 2 is 2.35 bits per heavy atom. The Kier molecular flexibility index (Phi) is 6.22. The number of amides is 1. The van der Waals surface area contributed by atoms with Crippen LogP contribution in [-0.4, -0.2) is 56.8 Å². The molecular weight excluding hydrogens is 394 g/mol. The van der Waals surface area contributed by atoms with Crippen LogP contribution in [0.3, 0.4) is 0 Å². The van der Waals surface area contributed by atoms with E-state index in [1.165, 1.54) is 41.4 Å². The minimum absolute atomic E-state index is 0.00266. The maximum atomic E-state index is 12.0. The van der Waals surface area contributed by atoms with Crippen molar-refractivity contribution in [3.63, 3.8) is 0 Å². The van der Waals surface area contributed by atoms with Crippen LogP contribution in [0.25, 0.3) is 10.7 Å². The molecule has 1 saturated heterocycles. The number of nitrogens with two attached hydrogens (primary N) is 1. The number of thiophene rings is 1. The summed E-state index contributed by atoms with van der Waals surface area (Å²) >= 11 is 4.38. The maximum Gasteiger partial charge on any atom is 0.333 e. The van der Waals surface area contributed by atoms with Gasteiger partial charge in [0.05, 0.1) is 28.8 Å². The standard InChI is InChI=1S/C15H17N5O3S3/c1-23-13(22)8-12-19(11(21)9-26-12)5-3-7-25-15-18-17-14(20(15)16)10-4-2-6-24-10/h2,4,6,8H,3,5,7,9,16H2,1H3/b12-8+. The molecule has 1 aliphatic rings. The van der Waals surface area contributed by atoms with Gasteiger partial charge in [-0.25, -0.2) is 9.47 Å². The molecule has 0 aromatic carbocycles. The number of nitrogen functional groups attached to an aromatic ring is 1. The van der Waals surface area contributed by atoms with Crippen LogP contribution >= 0.6 is 34.9 Å². The molecule has 0 radical (unpaired) electrons. The van der Waals surface area contributed by atoms with Gasteiger partial charge in [0, 0.05) is 12.3 Å². The number of nitrogens with zero attached hydrogens (tertiary/aromatic N) is 4. The molecule has 2 N–H and O–H groups in total. The number of methoxy groups -OCH3 is 1. The highest BCUT2D eigenvalue weighted by Crippen LogP contribution is 2.30. The first-order valence-corrected chi connectivity index (χ1v) is 10.5. The van der Waals surface area contributed by atoms with Crippen LogP contribution in [0.15, 0.2) is 33.8 Å². The Bertz CT molecular complexity index is 819. The zero-order chi connectivity index (χ0) is 18.5. The van der Waals surface area contributed by atoms with E-state index in [9.17, 15) is 9.59 Å². The Balaban J connectivity index is 1.53. The highest BCUT2D eigenvalue weighted by atomic mass is 32.2. The molecule has 0 bridgehead atoms. The molecule has 26 heavy (non-hydrogen) atoms. The van der Waals surface area contributed by atoms with Crippen molar-refractivity contribution in [1.29, 1.82) is 0 Å². The van der Waals surface area contributed by atoms with Gasteiger partial charge >= 0.3 is 5.97 Å². The molecular formula is C15H17N5O3S3. The number of carbonyl (C=O) groups excluding carboxylic acids is 2. The minimum atomic E-state index is -0.459. The molecule has 11 heteroatoms. The summed E-state index contributed by atoms with van der Waals surface area (Å²) in [6.07, 6.45) is 2.09. The second-order valence-corrected chi connectivity index (χ2v) is 8.20. The average molecular weight is 412 g/mol. The molecule has 0 spiro atoms. The summed E-state index contributed by atoms with van der Waals surface area (Å²) in [5, 5.41) is 11.5. The van der Waals surface area contributed by atoms with Crippen molar-refractivity contribution < 1.29 is 14.3 Å². The van der Waals surface area contributed by atoms with Crippen LogP contribution in [0.1, 0.15) is 6.42 Å². The van der Waals surface area contributed by atoms with Crippen LogP contribution in [-0.2, 0) is 14.3 Å². The molecule has 3 rings (SSSR count). The molecule has 1 aliphatic heterocycles. The number of carbonyl (C=O) groups is 2. The first-order chi connectivity index (χ1) is 12.6. The van der Waals surface area contributed by atoms with Crippen LogP contribution in [0, 0.1) is 0 Å². The highest BCUT2D eigenvalue weighted by Gasteiger charge is 2.27. The number of esters is 1. The largest absolute Gasteiger partial charge is 0.466 e. The first kappa shape index (κ1) is 18.8. The normalized spacial score (nSPS) is 15.8. The topological polar surface area (TPSA) is 103 Å². The van der Waals surface area contributed by atoms with Crippen LogP contribution in [0.2, 0.25) is 0 Å². The molecule has 2 aromatic heterocycles. The van der Waals surface area contributed by atoms with Crippen molar-refractivity contribution in [2.24, 2.45) is 0 Å². The van der Waals surface area contributed by atoms with E-state index in [-0.39, 0.29) is 5.91 Å². The number of hydrogen-bond acceptors (Lipinski definition) is 9. The summed E-state index contributed by atoms with van der Waals surface area (Å²) in [7, 11) is 1.31. The van der Waals surface area contributed by atoms with Crippen molar-refractivity contribution in [2.45, 2.75) is 11.6 Å². The van der Waals surface area contributed by atoms with Gasteiger partial charge in [0.25, 0.3) is 0 Å². The van der Waals surface area contributed by atoms with Crippen molar-refractivity contribution in [2.75, 3.05) is 31.0 Å². The van der Waals surface area contributed by atoms with Gasteiger partial charge in [-0.1, -0.05) is 29.6 Å². The fraction of sp³-hybridized carbons (Fsp3) is 0.333. The lowest BCUT2D eigenvalue weighted by atomic mass is 10.4. The summed E-state index contributed by atoms with van der Waals surface area (Å²) in [6.45, 7) is 0.526. The summed E-state index contributed by atoms with van der Waals surface area (Å²) in [6, 6.07) is 3.88. The third-order valence-electron chi connectivity index (χ3n) is 3.52. The Labute approximate surface area is 162 Å². The maximum absolute atomic E-state index is 12.0. The van der Waals surface area contributed by atoms with Crippen molar-refractivity contribution in [3.8, 4) is 10.7 Å². The van der Waals surface area contributed by atoms with Crippen LogP contribution < -0.4 is 5.84 Å². The third kappa shape index (κ3) is 4.22. The van der Waals surface area contributed by atoms with Gasteiger partial charge in [0.1, 0.15) is 0 Å². The van der Waals surface area contributed by atoms with E-state index in [0.29, 0.717) is 28.3 Å². The summed E-state index contributed by atoms with van der Waals surface area (Å²) < 4.78 is 6.11. The Morgan fingerprint density at radius 1 is 1.50 bits per heavy atom. The lowest BCUT2D eigenvalue weighted by Crippen LogP contribution is -2.26. The highest BCUT2D eigenvalue weighted by molar-refractivity contribution is 8.04. The summed E-state index contributed by atoms with van der Waals surface area (Å²) in [5.41, 5.74) is 0. The van der Waals surface area contributed by atoms with E-state index in [2.05, 4.69) is 14.9 Å². The molecule has 3 heterocycles. The third-order valence-corrected chi connectivity index (χ3v) is 6.44. The second-order valence-electron chi connectivity index (χ2n) is 5.20.